The quantitative estimate of drug-likeness (QED) is 0.776. The van der Waals surface area contributed by atoms with Gasteiger partial charge in [-0.1, -0.05) is 30.3 Å². The van der Waals surface area contributed by atoms with E-state index in [0.717, 1.165) is 12.3 Å². The first-order valence-corrected chi connectivity index (χ1v) is 6.84. The van der Waals surface area contributed by atoms with Gasteiger partial charge in [-0.3, -0.25) is 0 Å². The van der Waals surface area contributed by atoms with E-state index in [9.17, 15) is 0 Å². The van der Waals surface area contributed by atoms with Crippen LogP contribution in [0, 0.1) is 0 Å². The summed E-state index contributed by atoms with van der Waals surface area (Å²) in [6.45, 7) is 6.55. The third-order valence-corrected chi connectivity index (χ3v) is 3.99. The second-order valence-electron chi connectivity index (χ2n) is 6.31. The molecule has 0 saturated heterocycles. The molecule has 1 saturated carbocycles. The van der Waals surface area contributed by atoms with E-state index in [1.807, 2.05) is 0 Å². The van der Waals surface area contributed by atoms with Crippen molar-refractivity contribution in [1.29, 1.82) is 0 Å². The van der Waals surface area contributed by atoms with Crippen LogP contribution in [-0.2, 0) is 10.2 Å². The highest BCUT2D eigenvalue weighted by Crippen LogP contribution is 2.51. The lowest BCUT2D eigenvalue weighted by Crippen LogP contribution is -2.39. The number of ether oxygens (including phenoxy) is 1. The van der Waals surface area contributed by atoms with Gasteiger partial charge in [0.1, 0.15) is 0 Å². The molecule has 3 rings (SSSR count). The van der Waals surface area contributed by atoms with Crippen molar-refractivity contribution in [1.82, 2.24) is 0 Å². The molecular weight excluding hydrogens is 222 g/mol. The fourth-order valence-electron chi connectivity index (χ4n) is 3.01. The number of nitrogens with zero attached hydrogens (tertiary/aromatic N) is 1. The molecule has 2 heteroatoms. The van der Waals surface area contributed by atoms with Gasteiger partial charge in [0.15, 0.2) is 5.90 Å². The normalized spacial score (nSPS) is 28.2. The average molecular weight is 243 g/mol. The van der Waals surface area contributed by atoms with Crippen molar-refractivity contribution in [3.63, 3.8) is 0 Å². The van der Waals surface area contributed by atoms with E-state index in [0.29, 0.717) is 0 Å². The summed E-state index contributed by atoms with van der Waals surface area (Å²) in [6, 6.07) is 10.7. The Balaban J connectivity index is 1.98. The number of benzene rings is 1. The maximum absolute atomic E-state index is 6.05. The minimum Gasteiger partial charge on any atom is -0.477 e. The van der Waals surface area contributed by atoms with Gasteiger partial charge >= 0.3 is 0 Å². The first kappa shape index (κ1) is 11.8. The highest BCUT2D eigenvalue weighted by atomic mass is 16.5. The molecule has 0 spiro atoms. The minimum atomic E-state index is 0.0113. The Kier molecular flexibility index (Phi) is 2.51. The van der Waals surface area contributed by atoms with E-state index in [-0.39, 0.29) is 17.1 Å². The maximum atomic E-state index is 6.05. The average Bonchev–Trinajstić information content (AvgIpc) is 3.08. The molecule has 0 aromatic heterocycles. The van der Waals surface area contributed by atoms with Crippen molar-refractivity contribution >= 4 is 5.90 Å². The molecule has 1 unspecified atom stereocenters. The van der Waals surface area contributed by atoms with Crippen LogP contribution in [0.3, 0.4) is 0 Å². The molecule has 1 fully saturated rings. The summed E-state index contributed by atoms with van der Waals surface area (Å²) in [5.41, 5.74) is 1.44. The van der Waals surface area contributed by atoms with Crippen molar-refractivity contribution in [3.8, 4) is 0 Å². The SMILES string of the molecule is CC1CC(C)(C)N=C(C2(c3ccccc3)CC2)O1. The topological polar surface area (TPSA) is 21.6 Å². The highest BCUT2D eigenvalue weighted by Gasteiger charge is 2.52. The van der Waals surface area contributed by atoms with Gasteiger partial charge in [0.05, 0.1) is 17.1 Å². The molecule has 1 aromatic carbocycles. The van der Waals surface area contributed by atoms with E-state index < -0.39 is 0 Å². The zero-order chi connectivity index (χ0) is 12.8. The molecule has 1 aliphatic carbocycles. The van der Waals surface area contributed by atoms with Crippen LogP contribution >= 0.6 is 0 Å². The first-order valence-electron chi connectivity index (χ1n) is 6.84. The number of aliphatic imine (C=N–C) groups is 1. The van der Waals surface area contributed by atoms with Gasteiger partial charge in [-0.25, -0.2) is 4.99 Å². The Morgan fingerprint density at radius 1 is 1.17 bits per heavy atom. The van der Waals surface area contributed by atoms with E-state index in [2.05, 4.69) is 51.1 Å². The largest absolute Gasteiger partial charge is 0.477 e. The fourth-order valence-corrected chi connectivity index (χ4v) is 3.01. The van der Waals surface area contributed by atoms with Gasteiger partial charge in [-0.05, 0) is 39.2 Å². The van der Waals surface area contributed by atoms with Gasteiger partial charge in [0.2, 0.25) is 0 Å². The van der Waals surface area contributed by atoms with Crippen LogP contribution in [0.1, 0.15) is 45.6 Å². The van der Waals surface area contributed by atoms with Crippen LogP contribution in [0.25, 0.3) is 0 Å². The lowest BCUT2D eigenvalue weighted by molar-refractivity contribution is 0.135. The molecular formula is C16H21NO. The van der Waals surface area contributed by atoms with Gasteiger partial charge in [0, 0.05) is 6.42 Å². The van der Waals surface area contributed by atoms with Crippen LogP contribution in [0.15, 0.2) is 35.3 Å². The molecule has 1 aromatic rings. The molecule has 18 heavy (non-hydrogen) atoms. The molecule has 1 atom stereocenters. The van der Waals surface area contributed by atoms with Gasteiger partial charge in [-0.15, -0.1) is 0 Å². The van der Waals surface area contributed by atoms with Gasteiger partial charge < -0.3 is 4.74 Å². The molecule has 1 heterocycles. The second-order valence-corrected chi connectivity index (χ2v) is 6.31. The summed E-state index contributed by atoms with van der Waals surface area (Å²) in [5, 5.41) is 0. The van der Waals surface area contributed by atoms with Crippen LogP contribution in [-0.4, -0.2) is 17.5 Å². The number of rotatable bonds is 2. The van der Waals surface area contributed by atoms with Crippen molar-refractivity contribution < 1.29 is 4.74 Å². The molecule has 0 radical (unpaired) electrons. The lowest BCUT2D eigenvalue weighted by Gasteiger charge is -2.34. The summed E-state index contributed by atoms with van der Waals surface area (Å²) < 4.78 is 6.05. The van der Waals surface area contributed by atoms with Gasteiger partial charge in [-0.2, -0.15) is 0 Å². The van der Waals surface area contributed by atoms with Crippen molar-refractivity contribution in [2.75, 3.05) is 0 Å². The third-order valence-electron chi connectivity index (χ3n) is 3.99. The minimum absolute atomic E-state index is 0.0113. The maximum Gasteiger partial charge on any atom is 0.194 e. The second kappa shape index (κ2) is 3.84. The molecule has 96 valence electrons. The van der Waals surface area contributed by atoms with Crippen molar-refractivity contribution in [2.45, 2.75) is 57.1 Å². The van der Waals surface area contributed by atoms with E-state index in [1.54, 1.807) is 0 Å². The first-order chi connectivity index (χ1) is 8.52. The number of hydrogen-bond donors (Lipinski definition) is 0. The molecule has 2 aliphatic rings. The molecule has 2 nitrogen and oxygen atoms in total. The zero-order valence-electron chi connectivity index (χ0n) is 11.4. The predicted octanol–water partition coefficient (Wildman–Crippen LogP) is 3.70. The lowest BCUT2D eigenvalue weighted by atomic mass is 9.91. The monoisotopic (exact) mass is 243 g/mol. The van der Waals surface area contributed by atoms with Crippen LogP contribution in [0.4, 0.5) is 0 Å². The Morgan fingerprint density at radius 2 is 1.83 bits per heavy atom. The van der Waals surface area contributed by atoms with Crippen LogP contribution < -0.4 is 0 Å². The van der Waals surface area contributed by atoms with Crippen LogP contribution in [0.2, 0.25) is 0 Å². The fraction of sp³-hybridized carbons (Fsp3) is 0.562. The highest BCUT2D eigenvalue weighted by molar-refractivity contribution is 5.92. The predicted molar refractivity (Wildman–Crippen MR) is 74.0 cm³/mol. The van der Waals surface area contributed by atoms with E-state index >= 15 is 0 Å². The molecule has 0 N–H and O–H groups in total. The molecule has 0 amide bonds. The third kappa shape index (κ3) is 1.94. The zero-order valence-corrected chi connectivity index (χ0v) is 11.4. The van der Waals surface area contributed by atoms with Crippen molar-refractivity contribution in [3.05, 3.63) is 35.9 Å². The summed E-state index contributed by atoms with van der Waals surface area (Å²) in [6.07, 6.45) is 3.60. The standard InChI is InChI=1S/C16H21NO/c1-12-11-15(2,3)17-14(18-12)16(9-10-16)13-7-5-4-6-8-13/h4-8,12H,9-11H2,1-3H3. The summed E-state index contributed by atoms with van der Waals surface area (Å²) in [5.74, 6) is 0.970. The van der Waals surface area contributed by atoms with E-state index in [4.69, 9.17) is 9.73 Å². The Hall–Kier alpha value is -1.31. The van der Waals surface area contributed by atoms with Crippen molar-refractivity contribution in [2.24, 2.45) is 4.99 Å². The Labute approximate surface area is 109 Å². The molecule has 0 bridgehead atoms. The molecule has 1 aliphatic heterocycles. The summed E-state index contributed by atoms with van der Waals surface area (Å²) >= 11 is 0. The smallest absolute Gasteiger partial charge is 0.194 e. The summed E-state index contributed by atoms with van der Waals surface area (Å²) in [7, 11) is 0. The Morgan fingerprint density at radius 3 is 2.39 bits per heavy atom. The van der Waals surface area contributed by atoms with Crippen LogP contribution in [0.5, 0.6) is 0 Å². The summed E-state index contributed by atoms with van der Waals surface area (Å²) in [4.78, 5) is 4.87. The van der Waals surface area contributed by atoms with Gasteiger partial charge in [0.25, 0.3) is 0 Å². The number of hydrogen-bond acceptors (Lipinski definition) is 2. The Bertz CT molecular complexity index is 471. The van der Waals surface area contributed by atoms with E-state index in [1.165, 1.54) is 18.4 Å².